The Morgan fingerprint density at radius 2 is 1.72 bits per heavy atom. The van der Waals surface area contributed by atoms with Gasteiger partial charge in [-0.2, -0.15) is 0 Å². The van der Waals surface area contributed by atoms with E-state index >= 15 is 0 Å². The summed E-state index contributed by atoms with van der Waals surface area (Å²) in [5.41, 5.74) is 7.65. The molecule has 2 rings (SSSR count). The van der Waals surface area contributed by atoms with E-state index < -0.39 is 11.6 Å². The molecule has 0 aromatic heterocycles. The SMILES string of the molecule is Cc1ccccc1CSc1c(F)cc(N)cc1F. The van der Waals surface area contributed by atoms with Crippen LogP contribution in [0.1, 0.15) is 11.1 Å². The minimum absolute atomic E-state index is 0.0208. The first-order valence-electron chi connectivity index (χ1n) is 5.50. The monoisotopic (exact) mass is 265 g/mol. The third-order valence-corrected chi connectivity index (χ3v) is 3.79. The van der Waals surface area contributed by atoms with Gasteiger partial charge in [-0.1, -0.05) is 24.3 Å². The maximum Gasteiger partial charge on any atom is 0.141 e. The number of rotatable bonds is 3. The maximum absolute atomic E-state index is 13.6. The van der Waals surface area contributed by atoms with Crippen molar-refractivity contribution in [2.75, 3.05) is 5.73 Å². The van der Waals surface area contributed by atoms with Gasteiger partial charge in [0.2, 0.25) is 0 Å². The molecule has 0 fully saturated rings. The van der Waals surface area contributed by atoms with Crippen LogP contribution in [0.25, 0.3) is 0 Å². The molecule has 0 aliphatic carbocycles. The molecule has 1 nitrogen and oxygen atoms in total. The molecule has 94 valence electrons. The third kappa shape index (κ3) is 2.82. The van der Waals surface area contributed by atoms with Crippen molar-refractivity contribution in [2.45, 2.75) is 17.6 Å². The lowest BCUT2D eigenvalue weighted by Gasteiger charge is -2.08. The fraction of sp³-hybridized carbons (Fsp3) is 0.143. The van der Waals surface area contributed by atoms with E-state index in [1.807, 2.05) is 31.2 Å². The summed E-state index contributed by atoms with van der Waals surface area (Å²) in [7, 11) is 0. The normalized spacial score (nSPS) is 10.6. The molecule has 0 saturated heterocycles. The predicted molar refractivity (Wildman–Crippen MR) is 71.5 cm³/mol. The fourth-order valence-corrected chi connectivity index (χ4v) is 2.66. The van der Waals surface area contributed by atoms with Crippen molar-refractivity contribution < 1.29 is 8.78 Å². The van der Waals surface area contributed by atoms with Crippen LogP contribution in [0, 0.1) is 18.6 Å². The Bertz CT molecular complexity index is 546. The molecule has 0 aliphatic rings. The number of nitrogen functional groups attached to an aromatic ring is 1. The maximum atomic E-state index is 13.6. The lowest BCUT2D eigenvalue weighted by atomic mass is 10.1. The van der Waals surface area contributed by atoms with Crippen molar-refractivity contribution in [1.29, 1.82) is 0 Å². The van der Waals surface area contributed by atoms with Gasteiger partial charge in [0.1, 0.15) is 11.6 Å². The Kier molecular flexibility index (Phi) is 3.87. The van der Waals surface area contributed by atoms with Gasteiger partial charge in [0.25, 0.3) is 0 Å². The first-order valence-corrected chi connectivity index (χ1v) is 6.48. The standard InChI is InChI=1S/C14H13F2NS/c1-9-4-2-3-5-10(9)8-18-14-12(15)6-11(17)7-13(14)16/h2-7H,8,17H2,1H3. The van der Waals surface area contributed by atoms with Gasteiger partial charge in [0, 0.05) is 11.4 Å². The highest BCUT2D eigenvalue weighted by molar-refractivity contribution is 7.98. The van der Waals surface area contributed by atoms with E-state index in [1.165, 1.54) is 0 Å². The Morgan fingerprint density at radius 1 is 1.11 bits per heavy atom. The van der Waals surface area contributed by atoms with E-state index in [-0.39, 0.29) is 10.6 Å². The van der Waals surface area contributed by atoms with Crippen LogP contribution in [0.15, 0.2) is 41.3 Å². The smallest absolute Gasteiger partial charge is 0.141 e. The van der Waals surface area contributed by atoms with Gasteiger partial charge < -0.3 is 5.73 Å². The summed E-state index contributed by atoms with van der Waals surface area (Å²) < 4.78 is 27.1. The zero-order chi connectivity index (χ0) is 13.1. The Morgan fingerprint density at radius 3 is 2.33 bits per heavy atom. The highest BCUT2D eigenvalue weighted by atomic mass is 32.2. The van der Waals surface area contributed by atoms with E-state index in [9.17, 15) is 8.78 Å². The summed E-state index contributed by atoms with van der Waals surface area (Å²) in [6, 6.07) is 10.1. The highest BCUT2D eigenvalue weighted by Crippen LogP contribution is 2.30. The molecule has 2 aromatic rings. The van der Waals surface area contributed by atoms with Crippen LogP contribution in [-0.2, 0) is 5.75 Å². The van der Waals surface area contributed by atoms with Crippen molar-refractivity contribution in [3.8, 4) is 0 Å². The summed E-state index contributed by atoms with van der Waals surface area (Å²) >= 11 is 1.14. The Balaban J connectivity index is 2.19. The largest absolute Gasteiger partial charge is 0.399 e. The molecule has 2 aromatic carbocycles. The number of anilines is 1. The average molecular weight is 265 g/mol. The minimum Gasteiger partial charge on any atom is -0.399 e. The van der Waals surface area contributed by atoms with Gasteiger partial charge in [0.05, 0.1) is 4.90 Å². The van der Waals surface area contributed by atoms with Crippen LogP contribution in [0.4, 0.5) is 14.5 Å². The summed E-state index contributed by atoms with van der Waals surface area (Å²) in [6.45, 7) is 1.98. The van der Waals surface area contributed by atoms with E-state index in [4.69, 9.17) is 5.73 Å². The highest BCUT2D eigenvalue weighted by Gasteiger charge is 2.11. The van der Waals surface area contributed by atoms with Gasteiger partial charge in [-0.15, -0.1) is 11.8 Å². The number of benzene rings is 2. The second-order valence-corrected chi connectivity index (χ2v) is 5.01. The molecule has 2 N–H and O–H groups in total. The first kappa shape index (κ1) is 12.9. The van der Waals surface area contributed by atoms with E-state index in [0.717, 1.165) is 35.0 Å². The molecule has 0 aliphatic heterocycles. The fourth-order valence-electron chi connectivity index (χ4n) is 1.64. The lowest BCUT2D eigenvalue weighted by Crippen LogP contribution is -1.94. The first-order chi connectivity index (χ1) is 8.58. The van der Waals surface area contributed by atoms with Crippen LogP contribution in [0.5, 0.6) is 0 Å². The summed E-state index contributed by atoms with van der Waals surface area (Å²) in [4.78, 5) is 0.0208. The molecule has 0 heterocycles. The lowest BCUT2D eigenvalue weighted by molar-refractivity contribution is 0.542. The van der Waals surface area contributed by atoms with Gasteiger partial charge >= 0.3 is 0 Å². The summed E-state index contributed by atoms with van der Waals surface area (Å²) in [5.74, 6) is -0.679. The molecule has 0 atom stereocenters. The number of aryl methyl sites for hydroxylation is 1. The number of hydrogen-bond donors (Lipinski definition) is 1. The topological polar surface area (TPSA) is 26.0 Å². The van der Waals surface area contributed by atoms with Crippen LogP contribution >= 0.6 is 11.8 Å². The second-order valence-electron chi connectivity index (χ2n) is 4.03. The van der Waals surface area contributed by atoms with E-state index in [0.29, 0.717) is 5.75 Å². The second kappa shape index (κ2) is 5.40. The third-order valence-electron chi connectivity index (χ3n) is 2.65. The van der Waals surface area contributed by atoms with E-state index in [1.54, 1.807) is 0 Å². The van der Waals surface area contributed by atoms with Crippen molar-refractivity contribution in [3.63, 3.8) is 0 Å². The van der Waals surface area contributed by atoms with Crippen LogP contribution in [-0.4, -0.2) is 0 Å². The van der Waals surface area contributed by atoms with Crippen molar-refractivity contribution >= 4 is 17.4 Å². The number of halogens is 2. The zero-order valence-electron chi connectivity index (χ0n) is 9.91. The molecule has 4 heteroatoms. The molecule has 0 radical (unpaired) electrons. The molecular formula is C14H13F2NS. The van der Waals surface area contributed by atoms with E-state index in [2.05, 4.69) is 0 Å². The minimum atomic E-state index is -0.605. The van der Waals surface area contributed by atoms with Gasteiger partial charge in [-0.3, -0.25) is 0 Å². The van der Waals surface area contributed by atoms with Crippen LogP contribution in [0.2, 0.25) is 0 Å². The van der Waals surface area contributed by atoms with Crippen molar-refractivity contribution in [1.82, 2.24) is 0 Å². The van der Waals surface area contributed by atoms with Crippen LogP contribution < -0.4 is 5.73 Å². The molecule has 0 amide bonds. The molecule has 0 saturated carbocycles. The molecule has 0 spiro atoms. The number of thioether (sulfide) groups is 1. The molecule has 0 unspecified atom stereocenters. The molecular weight excluding hydrogens is 252 g/mol. The predicted octanol–water partition coefficient (Wildman–Crippen LogP) is 4.15. The summed E-state index contributed by atoms with van der Waals surface area (Å²) in [6.07, 6.45) is 0. The van der Waals surface area contributed by atoms with Crippen LogP contribution in [0.3, 0.4) is 0 Å². The number of hydrogen-bond acceptors (Lipinski definition) is 2. The molecule has 0 bridgehead atoms. The van der Waals surface area contributed by atoms with Crippen molar-refractivity contribution in [2.24, 2.45) is 0 Å². The zero-order valence-corrected chi connectivity index (χ0v) is 10.7. The number of nitrogens with two attached hydrogens (primary N) is 1. The molecule has 18 heavy (non-hydrogen) atoms. The Hall–Kier alpha value is -1.55. The summed E-state index contributed by atoms with van der Waals surface area (Å²) in [5, 5.41) is 0. The average Bonchev–Trinajstić information content (AvgIpc) is 2.30. The van der Waals surface area contributed by atoms with Gasteiger partial charge in [-0.05, 0) is 30.2 Å². The van der Waals surface area contributed by atoms with Gasteiger partial charge in [-0.25, -0.2) is 8.78 Å². The van der Waals surface area contributed by atoms with Gasteiger partial charge in [0.15, 0.2) is 0 Å². The Labute approximate surface area is 109 Å². The van der Waals surface area contributed by atoms with Crippen molar-refractivity contribution in [3.05, 3.63) is 59.2 Å². The quantitative estimate of drug-likeness (QED) is 0.666.